The van der Waals surface area contributed by atoms with Crippen LogP contribution in [0.1, 0.15) is 19.3 Å². The zero-order chi connectivity index (χ0) is 9.68. The van der Waals surface area contributed by atoms with Gasteiger partial charge in [-0.2, -0.15) is 0 Å². The zero-order valence-corrected chi connectivity index (χ0v) is 8.87. The smallest absolute Gasteiger partial charge is 0.0443 e. The predicted octanol–water partition coefficient (Wildman–Crippen LogP) is 0.395. The first kappa shape index (κ1) is 11.0. The summed E-state index contributed by atoms with van der Waals surface area (Å²) in [4.78, 5) is 4.77. The Labute approximate surface area is 81.3 Å². The minimum atomic E-state index is 0.323. The van der Waals surface area contributed by atoms with Gasteiger partial charge in [0.2, 0.25) is 0 Å². The average molecular weight is 186 g/mol. The van der Waals surface area contributed by atoms with Crippen LogP contribution in [0.5, 0.6) is 0 Å². The van der Waals surface area contributed by atoms with Crippen LogP contribution in [-0.4, -0.2) is 61.3 Å². The summed E-state index contributed by atoms with van der Waals surface area (Å²) in [7, 11) is 4.31. The Morgan fingerprint density at radius 1 is 1.46 bits per heavy atom. The number of nitrogens with zero attached hydrogens (tertiary/aromatic N) is 2. The molecule has 0 aromatic heterocycles. The molecule has 0 saturated carbocycles. The van der Waals surface area contributed by atoms with Crippen molar-refractivity contribution in [1.82, 2.24) is 9.80 Å². The van der Waals surface area contributed by atoms with Crippen LogP contribution in [0.3, 0.4) is 0 Å². The van der Waals surface area contributed by atoms with Gasteiger partial charge in [-0.25, -0.2) is 0 Å². The summed E-state index contributed by atoms with van der Waals surface area (Å²) in [5, 5.41) is 8.73. The van der Waals surface area contributed by atoms with Gasteiger partial charge < -0.3 is 14.9 Å². The molecule has 1 saturated heterocycles. The lowest BCUT2D eigenvalue weighted by Crippen LogP contribution is -2.45. The molecule has 1 N–H and O–H groups in total. The van der Waals surface area contributed by atoms with E-state index < -0.39 is 0 Å². The summed E-state index contributed by atoms with van der Waals surface area (Å²) in [5.74, 6) is 0. The highest BCUT2D eigenvalue weighted by atomic mass is 16.3. The quantitative estimate of drug-likeness (QED) is 0.688. The summed E-state index contributed by atoms with van der Waals surface area (Å²) >= 11 is 0. The molecule has 1 aliphatic heterocycles. The molecule has 0 spiro atoms. The molecule has 1 rings (SSSR count). The van der Waals surface area contributed by atoms with Crippen molar-refractivity contribution in [2.45, 2.75) is 25.3 Å². The molecule has 0 aromatic rings. The van der Waals surface area contributed by atoms with E-state index in [-0.39, 0.29) is 0 Å². The highest BCUT2D eigenvalue weighted by Gasteiger charge is 2.20. The molecule has 1 aliphatic rings. The van der Waals surface area contributed by atoms with E-state index in [9.17, 15) is 0 Å². The van der Waals surface area contributed by atoms with E-state index >= 15 is 0 Å². The molecule has 0 aliphatic carbocycles. The van der Waals surface area contributed by atoms with Crippen molar-refractivity contribution < 1.29 is 5.11 Å². The fourth-order valence-corrected chi connectivity index (χ4v) is 1.95. The van der Waals surface area contributed by atoms with Gasteiger partial charge in [-0.15, -0.1) is 0 Å². The average Bonchev–Trinajstić information content (AvgIpc) is 2.15. The van der Waals surface area contributed by atoms with Crippen molar-refractivity contribution in [1.29, 1.82) is 0 Å². The summed E-state index contributed by atoms with van der Waals surface area (Å²) < 4.78 is 0. The molecule has 0 aromatic carbocycles. The fraction of sp³-hybridized carbons (Fsp3) is 1.00. The first-order valence-corrected chi connectivity index (χ1v) is 5.23. The van der Waals surface area contributed by atoms with Crippen LogP contribution in [0.4, 0.5) is 0 Å². The predicted molar refractivity (Wildman–Crippen MR) is 54.9 cm³/mol. The Morgan fingerprint density at radius 3 is 2.85 bits per heavy atom. The van der Waals surface area contributed by atoms with Crippen LogP contribution >= 0.6 is 0 Å². The fourth-order valence-electron chi connectivity index (χ4n) is 1.95. The van der Waals surface area contributed by atoms with Crippen LogP contribution in [0.2, 0.25) is 0 Å². The number of hydrogen-bond acceptors (Lipinski definition) is 3. The second-order valence-electron chi connectivity index (χ2n) is 4.14. The van der Waals surface area contributed by atoms with Crippen LogP contribution in [0.15, 0.2) is 0 Å². The van der Waals surface area contributed by atoms with E-state index in [0.29, 0.717) is 12.6 Å². The van der Waals surface area contributed by atoms with Gasteiger partial charge in [0.15, 0.2) is 0 Å². The highest BCUT2D eigenvalue weighted by molar-refractivity contribution is 4.77. The molecule has 13 heavy (non-hydrogen) atoms. The van der Waals surface area contributed by atoms with Gasteiger partial charge in [0.25, 0.3) is 0 Å². The maximum atomic E-state index is 8.73. The van der Waals surface area contributed by atoms with Gasteiger partial charge in [-0.3, -0.25) is 0 Å². The first-order valence-electron chi connectivity index (χ1n) is 5.23. The van der Waals surface area contributed by atoms with Crippen molar-refractivity contribution in [3.05, 3.63) is 0 Å². The molecule has 0 amide bonds. The Hall–Kier alpha value is -0.120. The molecular weight excluding hydrogens is 164 g/mol. The van der Waals surface area contributed by atoms with Gasteiger partial charge in [-0.05, 0) is 39.9 Å². The molecule has 3 heteroatoms. The molecule has 1 fully saturated rings. The molecule has 3 nitrogen and oxygen atoms in total. The van der Waals surface area contributed by atoms with Crippen molar-refractivity contribution in [2.24, 2.45) is 0 Å². The third-order valence-electron chi connectivity index (χ3n) is 2.84. The molecular formula is C10H22N2O. The Kier molecular flexibility index (Phi) is 4.70. The van der Waals surface area contributed by atoms with E-state index in [0.717, 1.165) is 13.0 Å². The lowest BCUT2D eigenvalue weighted by Gasteiger charge is -2.36. The van der Waals surface area contributed by atoms with Crippen molar-refractivity contribution in [2.75, 3.05) is 40.3 Å². The number of likely N-dealkylation sites (N-methyl/N-ethyl adjacent to an activating group) is 1. The number of likely N-dealkylation sites (tertiary alicyclic amines) is 1. The third kappa shape index (κ3) is 3.63. The normalized spacial score (nSPS) is 25.4. The third-order valence-corrected chi connectivity index (χ3v) is 2.84. The number of aliphatic hydroxyl groups excluding tert-OH is 1. The minimum Gasteiger partial charge on any atom is -0.396 e. The van der Waals surface area contributed by atoms with Crippen LogP contribution < -0.4 is 0 Å². The Bertz CT molecular complexity index is 139. The van der Waals surface area contributed by atoms with Gasteiger partial charge in [-0.1, -0.05) is 0 Å². The summed E-state index contributed by atoms with van der Waals surface area (Å²) in [6.45, 7) is 3.77. The number of aliphatic hydroxyl groups is 1. The van der Waals surface area contributed by atoms with E-state index in [1.807, 2.05) is 0 Å². The molecule has 1 heterocycles. The van der Waals surface area contributed by atoms with Crippen LogP contribution in [0.25, 0.3) is 0 Å². The van der Waals surface area contributed by atoms with E-state index in [1.165, 1.54) is 25.9 Å². The monoisotopic (exact) mass is 186 g/mol. The van der Waals surface area contributed by atoms with Crippen LogP contribution in [-0.2, 0) is 0 Å². The van der Waals surface area contributed by atoms with Gasteiger partial charge in [0.1, 0.15) is 0 Å². The topological polar surface area (TPSA) is 26.7 Å². The number of rotatable bonds is 4. The SMILES string of the molecule is CN(C)C1CCCN(CCCO)C1. The van der Waals surface area contributed by atoms with Crippen LogP contribution in [0, 0.1) is 0 Å². The second-order valence-corrected chi connectivity index (χ2v) is 4.14. The largest absolute Gasteiger partial charge is 0.396 e. The van der Waals surface area contributed by atoms with E-state index in [1.54, 1.807) is 0 Å². The minimum absolute atomic E-state index is 0.323. The van der Waals surface area contributed by atoms with Crippen molar-refractivity contribution in [3.8, 4) is 0 Å². The molecule has 78 valence electrons. The van der Waals surface area contributed by atoms with Crippen molar-refractivity contribution in [3.63, 3.8) is 0 Å². The second kappa shape index (κ2) is 5.58. The van der Waals surface area contributed by atoms with Crippen molar-refractivity contribution >= 4 is 0 Å². The molecule has 0 bridgehead atoms. The van der Waals surface area contributed by atoms with Gasteiger partial charge in [0.05, 0.1) is 0 Å². The number of piperidine rings is 1. The van der Waals surface area contributed by atoms with E-state index in [2.05, 4.69) is 23.9 Å². The lowest BCUT2D eigenvalue weighted by atomic mass is 10.0. The Balaban J connectivity index is 2.25. The highest BCUT2D eigenvalue weighted by Crippen LogP contribution is 2.13. The standard InChI is InChI=1S/C10H22N2O/c1-11(2)10-5-3-6-12(9-10)7-4-8-13/h10,13H,3-9H2,1-2H3. The summed E-state index contributed by atoms with van der Waals surface area (Å²) in [6, 6.07) is 0.715. The van der Waals surface area contributed by atoms with Gasteiger partial charge in [0, 0.05) is 25.7 Å². The summed E-state index contributed by atoms with van der Waals surface area (Å²) in [6.07, 6.45) is 3.54. The van der Waals surface area contributed by atoms with Gasteiger partial charge >= 0.3 is 0 Å². The summed E-state index contributed by atoms with van der Waals surface area (Å²) in [5.41, 5.74) is 0. The molecule has 1 atom stereocenters. The first-order chi connectivity index (χ1) is 6.24. The number of hydrogen-bond donors (Lipinski definition) is 1. The maximum Gasteiger partial charge on any atom is 0.0443 e. The lowest BCUT2D eigenvalue weighted by molar-refractivity contribution is 0.125. The Morgan fingerprint density at radius 2 is 2.23 bits per heavy atom. The zero-order valence-electron chi connectivity index (χ0n) is 8.87. The molecule has 1 unspecified atom stereocenters. The maximum absolute atomic E-state index is 8.73. The van der Waals surface area contributed by atoms with E-state index in [4.69, 9.17) is 5.11 Å². The molecule has 0 radical (unpaired) electrons.